The quantitative estimate of drug-likeness (QED) is 0.826. The zero-order valence-electron chi connectivity index (χ0n) is 10.6. The van der Waals surface area contributed by atoms with Gasteiger partial charge in [-0.2, -0.15) is 0 Å². The van der Waals surface area contributed by atoms with E-state index in [1.54, 1.807) is 13.2 Å². The molecule has 1 aromatic carbocycles. The number of carboxylic acid groups (broad SMARTS) is 1. The Kier molecular flexibility index (Phi) is 4.75. The normalized spacial score (nSPS) is 10.7. The highest BCUT2D eigenvalue weighted by molar-refractivity contribution is 7.98. The maximum Gasteiger partial charge on any atom is 0.335 e. The van der Waals surface area contributed by atoms with Crippen molar-refractivity contribution in [1.29, 1.82) is 0 Å². The SMILES string of the molecule is COCc1cc(CSc2cc(C(=O)O)ccc2F)no1. The molecule has 0 bridgehead atoms. The number of thioether (sulfide) groups is 1. The van der Waals surface area contributed by atoms with Crippen LogP contribution < -0.4 is 0 Å². The van der Waals surface area contributed by atoms with Crippen molar-refractivity contribution in [1.82, 2.24) is 5.16 Å². The predicted molar refractivity (Wildman–Crippen MR) is 70.1 cm³/mol. The van der Waals surface area contributed by atoms with E-state index in [9.17, 15) is 9.18 Å². The number of methoxy groups -OCH3 is 1. The second-order valence-electron chi connectivity index (χ2n) is 3.96. The van der Waals surface area contributed by atoms with E-state index >= 15 is 0 Å². The first kappa shape index (κ1) is 14.5. The molecular weight excluding hydrogens is 285 g/mol. The average molecular weight is 297 g/mol. The Balaban J connectivity index is 2.05. The number of halogens is 1. The maximum absolute atomic E-state index is 13.6. The van der Waals surface area contributed by atoms with Crippen LogP contribution in [0.4, 0.5) is 4.39 Å². The van der Waals surface area contributed by atoms with Crippen molar-refractivity contribution in [3.63, 3.8) is 0 Å². The Hall–Kier alpha value is -1.86. The number of carbonyl (C=O) groups is 1. The van der Waals surface area contributed by atoms with Gasteiger partial charge in [0.2, 0.25) is 0 Å². The monoisotopic (exact) mass is 297 g/mol. The van der Waals surface area contributed by atoms with Gasteiger partial charge in [0, 0.05) is 23.8 Å². The molecule has 7 heteroatoms. The van der Waals surface area contributed by atoms with Crippen molar-refractivity contribution in [2.24, 2.45) is 0 Å². The van der Waals surface area contributed by atoms with Gasteiger partial charge < -0.3 is 14.4 Å². The Morgan fingerprint density at radius 1 is 1.50 bits per heavy atom. The first-order valence-corrected chi connectivity index (χ1v) is 6.67. The van der Waals surface area contributed by atoms with Crippen molar-refractivity contribution >= 4 is 17.7 Å². The average Bonchev–Trinajstić information content (AvgIpc) is 2.86. The van der Waals surface area contributed by atoms with Gasteiger partial charge in [-0.25, -0.2) is 9.18 Å². The number of ether oxygens (including phenoxy) is 1. The minimum Gasteiger partial charge on any atom is -0.478 e. The van der Waals surface area contributed by atoms with Gasteiger partial charge in [0.05, 0.1) is 11.3 Å². The minimum absolute atomic E-state index is 0.0501. The summed E-state index contributed by atoms with van der Waals surface area (Å²) in [6.45, 7) is 0.320. The molecule has 20 heavy (non-hydrogen) atoms. The van der Waals surface area contributed by atoms with Crippen LogP contribution in [0.25, 0.3) is 0 Å². The molecule has 0 atom stereocenters. The van der Waals surface area contributed by atoms with Crippen LogP contribution >= 0.6 is 11.8 Å². The third-order valence-corrected chi connectivity index (χ3v) is 3.51. The van der Waals surface area contributed by atoms with Gasteiger partial charge in [-0.3, -0.25) is 0 Å². The number of rotatable bonds is 6. The summed E-state index contributed by atoms with van der Waals surface area (Å²) in [5.74, 6) is -0.577. The first-order chi connectivity index (χ1) is 9.60. The van der Waals surface area contributed by atoms with E-state index < -0.39 is 11.8 Å². The molecule has 2 rings (SSSR count). The molecular formula is C13H12FNO4S. The third kappa shape index (κ3) is 3.58. The van der Waals surface area contributed by atoms with E-state index in [2.05, 4.69) is 5.16 Å². The molecule has 0 saturated heterocycles. The van der Waals surface area contributed by atoms with Crippen LogP contribution in [0, 0.1) is 5.82 Å². The summed E-state index contributed by atoms with van der Waals surface area (Å²) in [5, 5.41) is 12.7. The third-order valence-electron chi connectivity index (χ3n) is 2.45. The highest BCUT2D eigenvalue weighted by Crippen LogP contribution is 2.26. The summed E-state index contributed by atoms with van der Waals surface area (Å²) < 4.78 is 23.5. The fourth-order valence-corrected chi connectivity index (χ4v) is 2.39. The predicted octanol–water partition coefficient (Wildman–Crippen LogP) is 2.95. The Labute approximate surface area is 118 Å². The second kappa shape index (κ2) is 6.53. The molecule has 0 aliphatic carbocycles. The molecule has 5 nitrogen and oxygen atoms in total. The Morgan fingerprint density at radius 2 is 2.30 bits per heavy atom. The van der Waals surface area contributed by atoms with Crippen molar-refractivity contribution in [3.8, 4) is 0 Å². The number of hydrogen-bond acceptors (Lipinski definition) is 5. The highest BCUT2D eigenvalue weighted by atomic mass is 32.2. The lowest BCUT2D eigenvalue weighted by molar-refractivity contribution is 0.0696. The lowest BCUT2D eigenvalue weighted by Crippen LogP contribution is -1.97. The van der Waals surface area contributed by atoms with Gasteiger partial charge in [-0.15, -0.1) is 11.8 Å². The van der Waals surface area contributed by atoms with E-state index in [1.165, 1.54) is 12.1 Å². The highest BCUT2D eigenvalue weighted by Gasteiger charge is 2.10. The largest absolute Gasteiger partial charge is 0.478 e. The molecule has 0 unspecified atom stereocenters. The van der Waals surface area contributed by atoms with E-state index in [4.69, 9.17) is 14.4 Å². The summed E-state index contributed by atoms with van der Waals surface area (Å²) in [6.07, 6.45) is 0. The number of carboxylic acids is 1. The van der Waals surface area contributed by atoms with Crippen LogP contribution in [-0.2, 0) is 17.1 Å². The standard InChI is InChI=1S/C13H12FNO4S/c1-18-6-10-5-9(15-19-10)7-20-12-4-8(13(16)17)2-3-11(12)14/h2-5H,6-7H2,1H3,(H,16,17). The van der Waals surface area contributed by atoms with Crippen LogP contribution in [0.5, 0.6) is 0 Å². The summed E-state index contributed by atoms with van der Waals surface area (Å²) in [4.78, 5) is 11.1. The van der Waals surface area contributed by atoms with Crippen LogP contribution in [0.1, 0.15) is 21.8 Å². The van der Waals surface area contributed by atoms with Crippen molar-refractivity contribution < 1.29 is 23.6 Å². The van der Waals surface area contributed by atoms with Crippen molar-refractivity contribution in [3.05, 3.63) is 47.1 Å². The Bertz CT molecular complexity index is 614. The number of benzene rings is 1. The maximum atomic E-state index is 13.6. The molecule has 0 aliphatic rings. The first-order valence-electron chi connectivity index (χ1n) is 5.69. The zero-order chi connectivity index (χ0) is 14.5. The summed E-state index contributed by atoms with van der Waals surface area (Å²) in [7, 11) is 1.55. The van der Waals surface area contributed by atoms with Gasteiger partial charge in [0.1, 0.15) is 12.4 Å². The van der Waals surface area contributed by atoms with Gasteiger partial charge in [0.15, 0.2) is 5.76 Å². The van der Waals surface area contributed by atoms with E-state index in [0.29, 0.717) is 23.8 Å². The molecule has 0 fully saturated rings. The molecule has 2 aromatic rings. The molecule has 0 aliphatic heterocycles. The van der Waals surface area contributed by atoms with Crippen molar-refractivity contribution in [2.45, 2.75) is 17.3 Å². The van der Waals surface area contributed by atoms with Crippen LogP contribution in [-0.4, -0.2) is 23.3 Å². The molecule has 1 N–H and O–H groups in total. The smallest absolute Gasteiger partial charge is 0.335 e. The fourth-order valence-electron chi connectivity index (χ4n) is 1.53. The van der Waals surface area contributed by atoms with Gasteiger partial charge >= 0.3 is 5.97 Å². The van der Waals surface area contributed by atoms with E-state index in [-0.39, 0.29) is 10.5 Å². The number of hydrogen-bond donors (Lipinski definition) is 1. The molecule has 0 spiro atoms. The summed E-state index contributed by atoms with van der Waals surface area (Å²) in [5.41, 5.74) is 0.691. The molecule has 1 heterocycles. The van der Waals surface area contributed by atoms with E-state index in [0.717, 1.165) is 17.8 Å². The number of aromatic carboxylic acids is 1. The lowest BCUT2D eigenvalue weighted by Gasteiger charge is -2.02. The minimum atomic E-state index is -1.09. The second-order valence-corrected chi connectivity index (χ2v) is 4.97. The fraction of sp³-hybridized carbons (Fsp3) is 0.231. The van der Waals surface area contributed by atoms with Crippen LogP contribution in [0.2, 0.25) is 0 Å². The lowest BCUT2D eigenvalue weighted by atomic mass is 10.2. The number of aromatic nitrogens is 1. The summed E-state index contributed by atoms with van der Waals surface area (Å²) in [6, 6.07) is 5.40. The van der Waals surface area contributed by atoms with Gasteiger partial charge in [-0.1, -0.05) is 5.16 Å². The van der Waals surface area contributed by atoms with Gasteiger partial charge in [0.25, 0.3) is 0 Å². The van der Waals surface area contributed by atoms with Crippen molar-refractivity contribution in [2.75, 3.05) is 7.11 Å². The Morgan fingerprint density at radius 3 is 3.00 bits per heavy atom. The van der Waals surface area contributed by atoms with Crippen LogP contribution in [0.15, 0.2) is 33.7 Å². The molecule has 1 aromatic heterocycles. The zero-order valence-corrected chi connectivity index (χ0v) is 11.4. The topological polar surface area (TPSA) is 72.6 Å². The summed E-state index contributed by atoms with van der Waals surface area (Å²) >= 11 is 1.16. The molecule has 0 saturated carbocycles. The van der Waals surface area contributed by atoms with Gasteiger partial charge in [-0.05, 0) is 18.2 Å². The molecule has 0 radical (unpaired) electrons. The van der Waals surface area contributed by atoms with E-state index in [1.807, 2.05) is 0 Å². The van der Waals surface area contributed by atoms with Crippen LogP contribution in [0.3, 0.4) is 0 Å². The molecule has 0 amide bonds. The number of nitrogens with zero attached hydrogens (tertiary/aromatic N) is 1. The molecule has 106 valence electrons.